The minimum atomic E-state index is -3.85. The Hall–Kier alpha value is -1.80. The first-order chi connectivity index (χ1) is 10.7. The summed E-state index contributed by atoms with van der Waals surface area (Å²) in [6.45, 7) is 4.02. The van der Waals surface area contributed by atoms with E-state index < -0.39 is 10.0 Å². The molecule has 0 atom stereocenters. The molecule has 1 aromatic carbocycles. The average Bonchev–Trinajstić information content (AvgIpc) is 2.73. The lowest BCUT2D eigenvalue weighted by atomic mass is 10.2. The Bertz CT molecular complexity index is 766. The molecular formula is C15H19N3O3S2. The third kappa shape index (κ3) is 3.94. The van der Waals surface area contributed by atoms with Gasteiger partial charge in [-0.25, -0.2) is 0 Å². The number of rotatable bonds is 4. The minimum Gasteiger partial charge on any atom is -0.382 e. The summed E-state index contributed by atoms with van der Waals surface area (Å²) in [6.07, 6.45) is 1.66. The van der Waals surface area contributed by atoms with Gasteiger partial charge < -0.3 is 4.90 Å². The smallest absolute Gasteiger partial charge is 0.284 e. The van der Waals surface area contributed by atoms with E-state index in [1.807, 2.05) is 6.92 Å². The molecule has 6 nitrogen and oxygen atoms in total. The molecule has 0 bridgehead atoms. The van der Waals surface area contributed by atoms with E-state index in [2.05, 4.69) is 4.40 Å². The molecule has 0 N–H and O–H groups in total. The molecule has 0 radical (unpaired) electrons. The number of hydrogen-bond donors (Lipinski definition) is 0. The van der Waals surface area contributed by atoms with Crippen LogP contribution in [0, 0.1) is 6.92 Å². The fourth-order valence-corrected chi connectivity index (χ4v) is 4.26. The topological polar surface area (TPSA) is 70.1 Å². The quantitative estimate of drug-likeness (QED) is 0.775. The second-order valence-corrected chi connectivity index (χ2v) is 7.88. The summed E-state index contributed by atoms with van der Waals surface area (Å²) in [5.41, 5.74) is 0.966. The van der Waals surface area contributed by atoms with Crippen molar-refractivity contribution in [2.45, 2.75) is 18.7 Å². The molecule has 1 aliphatic heterocycles. The number of sulfonamides is 1. The maximum Gasteiger partial charge on any atom is 0.284 e. The molecule has 0 aromatic heterocycles. The molecule has 1 amide bonds. The van der Waals surface area contributed by atoms with Crippen molar-refractivity contribution in [2.24, 2.45) is 4.40 Å². The summed E-state index contributed by atoms with van der Waals surface area (Å²) < 4.78 is 28.7. The van der Waals surface area contributed by atoms with Crippen LogP contribution >= 0.6 is 11.8 Å². The molecule has 1 saturated heterocycles. The number of amidine groups is 1. The van der Waals surface area contributed by atoms with Gasteiger partial charge in [0, 0.05) is 26.8 Å². The number of nitrogens with zero attached hydrogens (tertiary/aromatic N) is 3. The highest BCUT2D eigenvalue weighted by molar-refractivity contribution is 8.19. The van der Waals surface area contributed by atoms with E-state index in [1.165, 1.54) is 17.0 Å². The van der Waals surface area contributed by atoms with Gasteiger partial charge in [-0.3, -0.25) is 9.69 Å². The monoisotopic (exact) mass is 353 g/mol. The molecule has 1 aromatic rings. The van der Waals surface area contributed by atoms with Crippen LogP contribution < -0.4 is 0 Å². The van der Waals surface area contributed by atoms with Gasteiger partial charge in [-0.05, 0) is 37.7 Å². The van der Waals surface area contributed by atoms with E-state index in [0.717, 1.165) is 17.3 Å². The summed E-state index contributed by atoms with van der Waals surface area (Å²) in [7, 11) is -0.245. The van der Waals surface area contributed by atoms with Crippen molar-refractivity contribution in [1.29, 1.82) is 0 Å². The highest BCUT2D eigenvalue weighted by Crippen LogP contribution is 2.32. The first kappa shape index (κ1) is 17.6. The predicted octanol–water partition coefficient (Wildman–Crippen LogP) is 2.04. The molecule has 1 aliphatic rings. The third-order valence-electron chi connectivity index (χ3n) is 3.10. The zero-order valence-electron chi connectivity index (χ0n) is 13.5. The Labute approximate surface area is 140 Å². The lowest BCUT2D eigenvalue weighted by Gasteiger charge is -2.12. The van der Waals surface area contributed by atoms with Gasteiger partial charge in [0.15, 0.2) is 5.17 Å². The number of carbonyl (C=O) groups excluding carboxylic acids is 1. The van der Waals surface area contributed by atoms with Crippen LogP contribution in [0.15, 0.2) is 44.7 Å². The van der Waals surface area contributed by atoms with Crippen molar-refractivity contribution in [1.82, 2.24) is 9.80 Å². The Morgan fingerprint density at radius 2 is 1.87 bits per heavy atom. The van der Waals surface area contributed by atoms with Crippen molar-refractivity contribution in [2.75, 3.05) is 20.6 Å². The lowest BCUT2D eigenvalue weighted by molar-refractivity contribution is -0.122. The zero-order valence-corrected chi connectivity index (χ0v) is 15.1. The third-order valence-corrected chi connectivity index (χ3v) is 5.49. The highest BCUT2D eigenvalue weighted by Gasteiger charge is 2.34. The van der Waals surface area contributed by atoms with Crippen LogP contribution in [0.3, 0.4) is 0 Å². The number of thioether (sulfide) groups is 1. The SMILES string of the molecule is CCN1C(=O)/C(=C/N(C)C)SC1=NS(=O)(=O)c1ccc(C)cc1. The standard InChI is InChI=1S/C15H19N3O3S2/c1-5-18-14(19)13(10-17(3)4)22-15(18)16-23(20,21)12-8-6-11(2)7-9-12/h6-10H,5H2,1-4H3/b13-10-,16-15?. The van der Waals surface area contributed by atoms with E-state index in [9.17, 15) is 13.2 Å². The largest absolute Gasteiger partial charge is 0.382 e. The Kier molecular flexibility index (Phi) is 5.16. The summed E-state index contributed by atoms with van der Waals surface area (Å²) in [5, 5.41) is 0.186. The van der Waals surface area contributed by atoms with Gasteiger partial charge in [0.1, 0.15) is 0 Å². The predicted molar refractivity (Wildman–Crippen MR) is 92.5 cm³/mol. The lowest BCUT2D eigenvalue weighted by Crippen LogP contribution is -2.29. The fraction of sp³-hybridized carbons (Fsp3) is 0.333. The van der Waals surface area contributed by atoms with Crippen molar-refractivity contribution in [3.05, 3.63) is 40.9 Å². The van der Waals surface area contributed by atoms with Crippen LogP contribution in [0.5, 0.6) is 0 Å². The second-order valence-electron chi connectivity index (χ2n) is 5.27. The van der Waals surface area contributed by atoms with Gasteiger partial charge in [-0.15, -0.1) is 4.40 Å². The summed E-state index contributed by atoms with van der Waals surface area (Å²) in [6, 6.07) is 6.47. The summed E-state index contributed by atoms with van der Waals surface area (Å²) in [4.78, 5) is 16.0. The van der Waals surface area contributed by atoms with Crippen LogP contribution in [-0.2, 0) is 14.8 Å². The van der Waals surface area contributed by atoms with E-state index >= 15 is 0 Å². The van der Waals surface area contributed by atoms with Crippen molar-refractivity contribution in [3.63, 3.8) is 0 Å². The van der Waals surface area contributed by atoms with Crippen LogP contribution in [0.1, 0.15) is 12.5 Å². The molecule has 0 aliphatic carbocycles. The van der Waals surface area contributed by atoms with Gasteiger partial charge in [-0.1, -0.05) is 17.7 Å². The summed E-state index contributed by atoms with van der Waals surface area (Å²) in [5.74, 6) is -0.232. The number of hydrogen-bond acceptors (Lipinski definition) is 5. The molecule has 8 heteroatoms. The molecule has 124 valence electrons. The van der Waals surface area contributed by atoms with Gasteiger partial charge in [0.25, 0.3) is 15.9 Å². The molecule has 0 saturated carbocycles. The van der Waals surface area contributed by atoms with Crippen molar-refractivity contribution in [3.8, 4) is 0 Å². The van der Waals surface area contributed by atoms with Crippen LogP contribution in [0.2, 0.25) is 0 Å². The van der Waals surface area contributed by atoms with Gasteiger partial charge >= 0.3 is 0 Å². The van der Waals surface area contributed by atoms with Crippen LogP contribution in [0.4, 0.5) is 0 Å². The number of benzene rings is 1. The molecule has 2 rings (SSSR count). The second kappa shape index (κ2) is 6.76. The number of likely N-dealkylation sites (N-methyl/N-ethyl adjacent to an activating group) is 1. The fourth-order valence-electron chi connectivity index (χ4n) is 1.95. The Morgan fingerprint density at radius 3 is 2.39 bits per heavy atom. The number of aryl methyl sites for hydroxylation is 1. The molecule has 1 heterocycles. The maximum atomic E-state index is 12.4. The first-order valence-corrected chi connectivity index (χ1v) is 9.30. The number of carbonyl (C=O) groups is 1. The van der Waals surface area contributed by atoms with E-state index in [0.29, 0.717) is 11.4 Å². The first-order valence-electron chi connectivity index (χ1n) is 7.04. The van der Waals surface area contributed by atoms with Crippen LogP contribution in [0.25, 0.3) is 0 Å². The van der Waals surface area contributed by atoms with Gasteiger partial charge in [0.05, 0.1) is 9.80 Å². The normalized spacial score (nSPS) is 19.0. The van der Waals surface area contributed by atoms with Gasteiger partial charge in [-0.2, -0.15) is 8.42 Å². The maximum absolute atomic E-state index is 12.4. The molecule has 1 fully saturated rings. The minimum absolute atomic E-state index is 0.116. The average molecular weight is 353 g/mol. The number of amides is 1. The Balaban J connectivity index is 2.41. The van der Waals surface area contributed by atoms with Gasteiger partial charge in [0.2, 0.25) is 0 Å². The highest BCUT2D eigenvalue weighted by atomic mass is 32.2. The zero-order chi connectivity index (χ0) is 17.2. The summed E-state index contributed by atoms with van der Waals surface area (Å²) >= 11 is 1.07. The van der Waals surface area contributed by atoms with E-state index in [4.69, 9.17) is 0 Å². The molecule has 23 heavy (non-hydrogen) atoms. The van der Waals surface area contributed by atoms with E-state index in [1.54, 1.807) is 44.3 Å². The van der Waals surface area contributed by atoms with Crippen molar-refractivity contribution >= 4 is 32.9 Å². The molecule has 0 spiro atoms. The molecule has 0 unspecified atom stereocenters. The Morgan fingerprint density at radius 1 is 1.26 bits per heavy atom. The van der Waals surface area contributed by atoms with Crippen LogP contribution in [-0.4, -0.2) is 49.9 Å². The molecular weight excluding hydrogens is 334 g/mol. The van der Waals surface area contributed by atoms with E-state index in [-0.39, 0.29) is 16.0 Å². The van der Waals surface area contributed by atoms with Crippen molar-refractivity contribution < 1.29 is 13.2 Å².